The van der Waals surface area contributed by atoms with Crippen LogP contribution in [0.15, 0.2) is 24.3 Å². The number of hydrogen-bond acceptors (Lipinski definition) is 3. The molecule has 0 spiro atoms. The molecule has 0 atom stereocenters. The molecule has 0 aliphatic rings. The molecule has 0 amide bonds. The van der Waals surface area contributed by atoms with Crippen molar-refractivity contribution in [1.82, 2.24) is 9.97 Å². The van der Waals surface area contributed by atoms with E-state index in [2.05, 4.69) is 15.3 Å². The molecule has 94 valence electrons. The summed E-state index contributed by atoms with van der Waals surface area (Å²) in [6.07, 6.45) is 0. The Morgan fingerprint density at radius 3 is 2.72 bits per heavy atom. The molecule has 1 heterocycles. The van der Waals surface area contributed by atoms with Gasteiger partial charge < -0.3 is 5.32 Å². The quantitative estimate of drug-likeness (QED) is 0.920. The summed E-state index contributed by atoms with van der Waals surface area (Å²) in [5.74, 6) is 0.116. The highest BCUT2D eigenvalue weighted by Gasteiger charge is 2.09. The van der Waals surface area contributed by atoms with E-state index in [4.69, 9.17) is 11.6 Å². The third-order valence-corrected chi connectivity index (χ3v) is 2.63. The molecular weight excluding hydrogens is 253 g/mol. The first kappa shape index (κ1) is 12.8. The Kier molecular flexibility index (Phi) is 3.77. The number of rotatable bonds is 3. The molecule has 3 nitrogen and oxygen atoms in total. The molecule has 0 unspecified atom stereocenters. The molecule has 0 fully saturated rings. The second-order valence-electron chi connectivity index (χ2n) is 3.87. The minimum Gasteiger partial charge on any atom is -0.354 e. The summed E-state index contributed by atoms with van der Waals surface area (Å²) in [6, 6.07) is 6.29. The molecule has 2 rings (SSSR count). The van der Waals surface area contributed by atoms with Gasteiger partial charge in [0.1, 0.15) is 5.82 Å². The lowest BCUT2D eigenvalue weighted by Crippen LogP contribution is -2.04. The average Bonchev–Trinajstić information content (AvgIpc) is 2.28. The molecule has 0 saturated heterocycles. The van der Waals surface area contributed by atoms with Crippen molar-refractivity contribution in [3.63, 3.8) is 0 Å². The predicted molar refractivity (Wildman–Crippen MR) is 71.3 cm³/mol. The van der Waals surface area contributed by atoms with E-state index in [0.29, 0.717) is 28.8 Å². The van der Waals surface area contributed by atoms with Gasteiger partial charge in [-0.05, 0) is 38.1 Å². The standard InChI is InChI=1S/C13H13ClFN3/c1-3-16-13-17-8(2)6-12(18-13)10-5-4-9(14)7-11(10)15/h4-7H,3H2,1-2H3,(H,16,17,18). The zero-order chi connectivity index (χ0) is 13.1. The monoisotopic (exact) mass is 265 g/mol. The van der Waals surface area contributed by atoms with Crippen LogP contribution in [0.1, 0.15) is 12.6 Å². The van der Waals surface area contributed by atoms with Gasteiger partial charge in [0.2, 0.25) is 5.95 Å². The van der Waals surface area contributed by atoms with Gasteiger partial charge in [-0.2, -0.15) is 0 Å². The Balaban J connectivity index is 2.49. The highest BCUT2D eigenvalue weighted by atomic mass is 35.5. The SMILES string of the molecule is CCNc1nc(C)cc(-c2ccc(Cl)cc2F)n1. The summed E-state index contributed by atoms with van der Waals surface area (Å²) in [4.78, 5) is 8.50. The Morgan fingerprint density at radius 2 is 2.06 bits per heavy atom. The number of aromatic nitrogens is 2. The maximum atomic E-state index is 13.8. The molecule has 0 aliphatic carbocycles. The van der Waals surface area contributed by atoms with E-state index in [-0.39, 0.29) is 5.82 Å². The lowest BCUT2D eigenvalue weighted by Gasteiger charge is -2.07. The summed E-state index contributed by atoms with van der Waals surface area (Å²) < 4.78 is 13.8. The molecule has 0 bridgehead atoms. The van der Waals surface area contributed by atoms with E-state index in [1.165, 1.54) is 6.07 Å². The number of nitrogens with one attached hydrogen (secondary N) is 1. The zero-order valence-corrected chi connectivity index (χ0v) is 10.9. The summed E-state index contributed by atoms with van der Waals surface area (Å²) in [7, 11) is 0. The van der Waals surface area contributed by atoms with Crippen LogP contribution >= 0.6 is 11.6 Å². The van der Waals surface area contributed by atoms with E-state index in [1.54, 1.807) is 18.2 Å². The van der Waals surface area contributed by atoms with Gasteiger partial charge in [0.05, 0.1) is 5.69 Å². The number of benzene rings is 1. The highest BCUT2D eigenvalue weighted by molar-refractivity contribution is 6.30. The van der Waals surface area contributed by atoms with E-state index in [0.717, 1.165) is 5.69 Å². The van der Waals surface area contributed by atoms with Crippen molar-refractivity contribution in [2.45, 2.75) is 13.8 Å². The first-order chi connectivity index (χ1) is 8.60. The lowest BCUT2D eigenvalue weighted by atomic mass is 10.1. The van der Waals surface area contributed by atoms with Crippen molar-refractivity contribution in [1.29, 1.82) is 0 Å². The maximum absolute atomic E-state index is 13.8. The van der Waals surface area contributed by atoms with Crippen LogP contribution in [0, 0.1) is 12.7 Å². The van der Waals surface area contributed by atoms with Crippen LogP contribution in [0.5, 0.6) is 0 Å². The van der Waals surface area contributed by atoms with Crippen LogP contribution in [-0.4, -0.2) is 16.5 Å². The van der Waals surface area contributed by atoms with Gasteiger partial charge >= 0.3 is 0 Å². The van der Waals surface area contributed by atoms with Crippen molar-refractivity contribution in [2.75, 3.05) is 11.9 Å². The molecule has 18 heavy (non-hydrogen) atoms. The number of halogens is 2. The summed E-state index contributed by atoms with van der Waals surface area (Å²) >= 11 is 5.73. The second kappa shape index (κ2) is 5.31. The van der Waals surface area contributed by atoms with E-state index in [1.807, 2.05) is 13.8 Å². The molecule has 1 aromatic carbocycles. The van der Waals surface area contributed by atoms with Crippen LogP contribution in [0.25, 0.3) is 11.3 Å². The molecule has 2 aromatic rings. The minimum absolute atomic E-state index is 0.369. The smallest absolute Gasteiger partial charge is 0.223 e. The van der Waals surface area contributed by atoms with E-state index >= 15 is 0 Å². The van der Waals surface area contributed by atoms with Crippen LogP contribution in [0.3, 0.4) is 0 Å². The fourth-order valence-corrected chi connectivity index (χ4v) is 1.80. The van der Waals surface area contributed by atoms with Gasteiger partial charge in [-0.15, -0.1) is 0 Å². The third kappa shape index (κ3) is 2.76. The summed E-state index contributed by atoms with van der Waals surface area (Å²) in [5.41, 5.74) is 1.75. The van der Waals surface area contributed by atoms with Crippen molar-refractivity contribution < 1.29 is 4.39 Å². The normalized spacial score (nSPS) is 10.4. The topological polar surface area (TPSA) is 37.8 Å². The van der Waals surface area contributed by atoms with Gasteiger partial charge in [-0.3, -0.25) is 0 Å². The summed E-state index contributed by atoms with van der Waals surface area (Å²) in [5, 5.41) is 3.39. The van der Waals surface area contributed by atoms with Crippen LogP contribution in [-0.2, 0) is 0 Å². The Hall–Kier alpha value is -1.68. The van der Waals surface area contributed by atoms with Gasteiger partial charge in [-0.1, -0.05) is 11.6 Å². The van der Waals surface area contributed by atoms with Gasteiger partial charge in [0.15, 0.2) is 0 Å². The molecule has 1 N–H and O–H groups in total. The first-order valence-corrected chi connectivity index (χ1v) is 6.03. The Labute approximate surface area is 110 Å². The first-order valence-electron chi connectivity index (χ1n) is 5.65. The largest absolute Gasteiger partial charge is 0.354 e. The van der Waals surface area contributed by atoms with Crippen molar-refractivity contribution in [2.24, 2.45) is 0 Å². The van der Waals surface area contributed by atoms with E-state index in [9.17, 15) is 4.39 Å². The molecule has 0 saturated carbocycles. The fourth-order valence-electron chi connectivity index (χ4n) is 1.64. The van der Waals surface area contributed by atoms with E-state index < -0.39 is 0 Å². The van der Waals surface area contributed by atoms with Crippen LogP contribution in [0.2, 0.25) is 5.02 Å². The molecule has 1 aromatic heterocycles. The zero-order valence-electron chi connectivity index (χ0n) is 10.2. The number of aryl methyl sites for hydroxylation is 1. The Morgan fingerprint density at radius 1 is 1.28 bits per heavy atom. The molecule has 0 radical (unpaired) electrons. The number of nitrogens with zero attached hydrogens (tertiary/aromatic N) is 2. The lowest BCUT2D eigenvalue weighted by molar-refractivity contribution is 0.631. The molecular formula is C13H13ClFN3. The minimum atomic E-state index is -0.386. The van der Waals surface area contributed by atoms with Crippen LogP contribution < -0.4 is 5.32 Å². The number of anilines is 1. The number of hydrogen-bond donors (Lipinski definition) is 1. The van der Waals surface area contributed by atoms with Crippen molar-refractivity contribution in [3.05, 3.63) is 40.8 Å². The average molecular weight is 266 g/mol. The molecule has 0 aliphatic heterocycles. The van der Waals surface area contributed by atoms with Crippen LogP contribution in [0.4, 0.5) is 10.3 Å². The highest BCUT2D eigenvalue weighted by Crippen LogP contribution is 2.24. The molecule has 5 heteroatoms. The Bertz CT molecular complexity index is 572. The van der Waals surface area contributed by atoms with Crippen molar-refractivity contribution >= 4 is 17.5 Å². The van der Waals surface area contributed by atoms with Gasteiger partial charge in [0.25, 0.3) is 0 Å². The predicted octanol–water partition coefficient (Wildman–Crippen LogP) is 3.68. The second-order valence-corrected chi connectivity index (χ2v) is 4.31. The summed E-state index contributed by atoms with van der Waals surface area (Å²) in [6.45, 7) is 4.51. The maximum Gasteiger partial charge on any atom is 0.223 e. The third-order valence-electron chi connectivity index (χ3n) is 2.40. The van der Waals surface area contributed by atoms with Gasteiger partial charge in [0, 0.05) is 22.8 Å². The van der Waals surface area contributed by atoms with Crippen molar-refractivity contribution in [3.8, 4) is 11.3 Å². The fraction of sp³-hybridized carbons (Fsp3) is 0.231. The van der Waals surface area contributed by atoms with Gasteiger partial charge in [-0.25, -0.2) is 14.4 Å².